The molecule has 1 aliphatic carbocycles. The average molecular weight is 469 g/mol. The molecule has 2 heterocycles. The molecule has 1 unspecified atom stereocenters. The van der Waals surface area contributed by atoms with E-state index in [4.69, 9.17) is 11.6 Å². The predicted molar refractivity (Wildman–Crippen MR) is 114 cm³/mol. The second kappa shape index (κ2) is 8.24. The number of anilines is 1. The van der Waals surface area contributed by atoms with Crippen LogP contribution in [0, 0.1) is 0 Å². The molecule has 4 rings (SSSR count). The number of sulfonamides is 1. The van der Waals surface area contributed by atoms with Crippen molar-refractivity contribution >= 4 is 50.9 Å². The van der Waals surface area contributed by atoms with Crippen LogP contribution in [0.15, 0.2) is 34.2 Å². The number of amides is 2. The van der Waals surface area contributed by atoms with Crippen LogP contribution in [0.4, 0.5) is 5.69 Å². The lowest BCUT2D eigenvalue weighted by Gasteiger charge is -2.23. The fourth-order valence-electron chi connectivity index (χ4n) is 3.84. The van der Waals surface area contributed by atoms with Crippen molar-refractivity contribution in [3.8, 4) is 0 Å². The third-order valence-corrected chi connectivity index (χ3v) is 8.13. The number of nitrogens with zero attached hydrogens (tertiary/aromatic N) is 2. The van der Waals surface area contributed by atoms with Gasteiger partial charge in [0.25, 0.3) is 10.0 Å². The first kappa shape index (κ1) is 21.2. The Morgan fingerprint density at radius 2 is 2.10 bits per heavy atom. The van der Waals surface area contributed by atoms with Gasteiger partial charge >= 0.3 is 0 Å². The van der Waals surface area contributed by atoms with Gasteiger partial charge in [-0.05, 0) is 31.0 Å². The summed E-state index contributed by atoms with van der Waals surface area (Å²) in [6.07, 6.45) is 5.00. The van der Waals surface area contributed by atoms with Gasteiger partial charge in [-0.25, -0.2) is 13.1 Å². The number of thioether (sulfide) groups is 1. The van der Waals surface area contributed by atoms with E-state index in [-0.39, 0.29) is 23.1 Å². The molecule has 160 valence electrons. The van der Waals surface area contributed by atoms with E-state index < -0.39 is 21.2 Å². The summed E-state index contributed by atoms with van der Waals surface area (Å²) < 4.78 is 29.3. The molecule has 2 aromatic rings. The highest BCUT2D eigenvalue weighted by Crippen LogP contribution is 2.39. The quantitative estimate of drug-likeness (QED) is 0.697. The fraction of sp³-hybridized carbons (Fsp3) is 0.421. The molecule has 0 saturated heterocycles. The first-order chi connectivity index (χ1) is 14.2. The number of hydrogen-bond acceptors (Lipinski definition) is 6. The monoisotopic (exact) mass is 468 g/mol. The standard InChI is InChI=1S/C19H21ClN4O4S2/c1-24-10-16(18(22-24)11-4-2-3-5-11)30(27,28)23-17(25)9-15-19(26)21-13-8-12(20)6-7-14(13)29-15/h6-8,10-11,15H,2-5,9H2,1H3,(H,21,26)(H,23,25). The van der Waals surface area contributed by atoms with Crippen molar-refractivity contribution in [1.29, 1.82) is 0 Å². The predicted octanol–water partition coefficient (Wildman–Crippen LogP) is 3.04. The van der Waals surface area contributed by atoms with Crippen LogP contribution < -0.4 is 10.0 Å². The molecule has 11 heteroatoms. The Bertz CT molecular complexity index is 1110. The number of carbonyl (C=O) groups is 2. The number of benzene rings is 1. The number of nitrogens with one attached hydrogen (secondary N) is 2. The molecule has 30 heavy (non-hydrogen) atoms. The molecule has 1 aromatic carbocycles. The molecular weight excluding hydrogens is 448 g/mol. The van der Waals surface area contributed by atoms with Crippen molar-refractivity contribution in [3.05, 3.63) is 35.1 Å². The van der Waals surface area contributed by atoms with E-state index in [0.717, 1.165) is 30.6 Å². The molecule has 0 radical (unpaired) electrons. The maximum Gasteiger partial charge on any atom is 0.267 e. The largest absolute Gasteiger partial charge is 0.324 e. The van der Waals surface area contributed by atoms with Gasteiger partial charge in [-0.3, -0.25) is 14.3 Å². The normalized spacial score (nSPS) is 19.4. The van der Waals surface area contributed by atoms with Gasteiger partial charge in [-0.15, -0.1) is 11.8 Å². The summed E-state index contributed by atoms with van der Waals surface area (Å²) in [5, 5.41) is 6.80. The zero-order chi connectivity index (χ0) is 21.5. The summed E-state index contributed by atoms with van der Waals surface area (Å²) >= 11 is 7.15. The second-order valence-electron chi connectivity index (χ2n) is 7.50. The van der Waals surface area contributed by atoms with Crippen LogP contribution in [-0.2, 0) is 26.7 Å². The van der Waals surface area contributed by atoms with Crippen molar-refractivity contribution in [2.24, 2.45) is 7.05 Å². The van der Waals surface area contributed by atoms with Gasteiger partial charge < -0.3 is 5.32 Å². The Hall–Kier alpha value is -2.04. The molecule has 2 amide bonds. The summed E-state index contributed by atoms with van der Waals surface area (Å²) in [6.45, 7) is 0. The molecule has 2 N–H and O–H groups in total. The molecular formula is C19H21ClN4O4S2. The van der Waals surface area contributed by atoms with Crippen molar-refractivity contribution in [3.63, 3.8) is 0 Å². The zero-order valence-corrected chi connectivity index (χ0v) is 18.6. The van der Waals surface area contributed by atoms with Crippen molar-refractivity contribution in [2.75, 3.05) is 5.32 Å². The van der Waals surface area contributed by atoms with E-state index in [1.807, 2.05) is 0 Å². The highest BCUT2D eigenvalue weighted by molar-refractivity contribution is 8.01. The molecule has 1 atom stereocenters. The molecule has 1 saturated carbocycles. The molecule has 1 aromatic heterocycles. The minimum Gasteiger partial charge on any atom is -0.324 e. The molecule has 0 spiro atoms. The molecule has 0 bridgehead atoms. The third kappa shape index (κ3) is 4.35. The Balaban J connectivity index is 1.48. The summed E-state index contributed by atoms with van der Waals surface area (Å²) in [5.41, 5.74) is 1.09. The molecule has 1 fully saturated rings. The van der Waals surface area contributed by atoms with Crippen molar-refractivity contribution in [2.45, 2.75) is 53.1 Å². The SMILES string of the molecule is Cn1cc(S(=O)(=O)NC(=O)CC2Sc3ccc(Cl)cc3NC2=O)c(C2CCCC2)n1. The smallest absolute Gasteiger partial charge is 0.267 e. The van der Waals surface area contributed by atoms with Crippen LogP contribution in [0.5, 0.6) is 0 Å². The summed E-state index contributed by atoms with van der Waals surface area (Å²) in [5.74, 6) is -1.02. The number of aromatic nitrogens is 2. The molecule has 8 nitrogen and oxygen atoms in total. The van der Waals surface area contributed by atoms with E-state index in [9.17, 15) is 18.0 Å². The Morgan fingerprint density at radius 1 is 1.37 bits per heavy atom. The highest BCUT2D eigenvalue weighted by Gasteiger charge is 2.33. The highest BCUT2D eigenvalue weighted by atomic mass is 35.5. The maximum absolute atomic E-state index is 12.9. The van der Waals surface area contributed by atoms with Crippen LogP contribution in [0.1, 0.15) is 43.7 Å². The van der Waals surface area contributed by atoms with E-state index in [0.29, 0.717) is 16.4 Å². The van der Waals surface area contributed by atoms with E-state index in [1.165, 1.54) is 22.6 Å². The minimum atomic E-state index is -4.08. The van der Waals surface area contributed by atoms with Crippen LogP contribution in [0.25, 0.3) is 0 Å². The number of rotatable bonds is 5. The number of aryl methyl sites for hydroxylation is 1. The van der Waals surface area contributed by atoms with E-state index in [1.54, 1.807) is 25.2 Å². The van der Waals surface area contributed by atoms with Gasteiger partial charge in [0, 0.05) is 35.5 Å². The van der Waals surface area contributed by atoms with Crippen LogP contribution in [0.3, 0.4) is 0 Å². The van der Waals surface area contributed by atoms with E-state index >= 15 is 0 Å². The number of halogens is 1. The Kier molecular flexibility index (Phi) is 5.82. The van der Waals surface area contributed by atoms with Gasteiger partial charge in [-0.1, -0.05) is 24.4 Å². The summed E-state index contributed by atoms with van der Waals surface area (Å²) in [4.78, 5) is 25.7. The lowest BCUT2D eigenvalue weighted by molar-refractivity contribution is -0.122. The van der Waals surface area contributed by atoms with Gasteiger partial charge in [0.15, 0.2) is 0 Å². The lowest BCUT2D eigenvalue weighted by Crippen LogP contribution is -2.37. The minimum absolute atomic E-state index is 0.0333. The van der Waals surface area contributed by atoms with Gasteiger partial charge in [-0.2, -0.15) is 5.10 Å². The van der Waals surface area contributed by atoms with Gasteiger partial charge in [0.2, 0.25) is 11.8 Å². The molecule has 2 aliphatic rings. The van der Waals surface area contributed by atoms with Crippen molar-refractivity contribution < 1.29 is 18.0 Å². The van der Waals surface area contributed by atoms with Gasteiger partial charge in [0.1, 0.15) is 4.90 Å². The fourth-order valence-corrected chi connectivity index (χ4v) is 6.37. The van der Waals surface area contributed by atoms with E-state index in [2.05, 4.69) is 15.1 Å². The summed E-state index contributed by atoms with van der Waals surface area (Å²) in [7, 11) is -2.42. The topological polar surface area (TPSA) is 110 Å². The average Bonchev–Trinajstić information content (AvgIpc) is 3.31. The first-order valence-electron chi connectivity index (χ1n) is 9.59. The number of carbonyl (C=O) groups excluding carboxylic acids is 2. The second-order valence-corrected chi connectivity index (χ2v) is 10.8. The van der Waals surface area contributed by atoms with Crippen LogP contribution >= 0.6 is 23.4 Å². The third-order valence-electron chi connectivity index (χ3n) is 5.23. The zero-order valence-electron chi connectivity index (χ0n) is 16.2. The number of hydrogen-bond donors (Lipinski definition) is 2. The first-order valence-corrected chi connectivity index (χ1v) is 12.3. The Morgan fingerprint density at radius 3 is 2.83 bits per heavy atom. The van der Waals surface area contributed by atoms with Crippen molar-refractivity contribution in [1.82, 2.24) is 14.5 Å². The molecule has 1 aliphatic heterocycles. The Labute approximate surface area is 183 Å². The van der Waals surface area contributed by atoms with Crippen LogP contribution in [-0.4, -0.2) is 35.3 Å². The lowest BCUT2D eigenvalue weighted by atomic mass is 10.1. The van der Waals surface area contributed by atoms with Crippen LogP contribution in [0.2, 0.25) is 5.02 Å². The number of fused-ring (bicyclic) bond motifs is 1. The summed E-state index contributed by atoms with van der Waals surface area (Å²) in [6, 6.07) is 5.09. The maximum atomic E-state index is 12.9. The van der Waals surface area contributed by atoms with Gasteiger partial charge in [0.05, 0.1) is 16.6 Å².